The lowest BCUT2D eigenvalue weighted by atomic mass is 9.87. The van der Waals surface area contributed by atoms with Gasteiger partial charge in [0, 0.05) is 37.9 Å². The lowest BCUT2D eigenvalue weighted by Crippen LogP contribution is -2.48. The smallest absolute Gasteiger partial charge is 0.335 e. The Balaban J connectivity index is 1.02. The van der Waals surface area contributed by atoms with Gasteiger partial charge in [0.25, 0.3) is 0 Å². The van der Waals surface area contributed by atoms with Gasteiger partial charge in [-0.1, -0.05) is 47.4 Å². The van der Waals surface area contributed by atoms with Gasteiger partial charge in [0.1, 0.15) is 23.5 Å². The van der Waals surface area contributed by atoms with Crippen molar-refractivity contribution in [3.05, 3.63) is 99.6 Å². The first-order valence-electron chi connectivity index (χ1n) is 16.0. The number of nitrogens with zero attached hydrogens (tertiary/aromatic N) is 3. The number of benzene rings is 3. The summed E-state index contributed by atoms with van der Waals surface area (Å²) in [4.78, 5) is 19.4. The summed E-state index contributed by atoms with van der Waals surface area (Å²) in [5.41, 5.74) is 4.80. The summed E-state index contributed by atoms with van der Waals surface area (Å²) in [6.45, 7) is 3.31. The van der Waals surface area contributed by atoms with Gasteiger partial charge in [-0.15, -0.1) is 0 Å². The highest BCUT2D eigenvalue weighted by Gasteiger charge is 2.43. The lowest BCUT2D eigenvalue weighted by molar-refractivity contribution is -0.0906. The number of fused-ring (bicyclic) bond motifs is 2. The quantitative estimate of drug-likeness (QED) is 0.210. The van der Waals surface area contributed by atoms with Crippen molar-refractivity contribution < 1.29 is 23.8 Å². The third-order valence-electron chi connectivity index (χ3n) is 10.3. The second-order valence-electron chi connectivity index (χ2n) is 12.9. The lowest BCUT2D eigenvalue weighted by Gasteiger charge is -2.46. The predicted octanol–water partition coefficient (Wildman–Crippen LogP) is 7.12. The SMILES string of the molecule is O=C(O)c1ccc2nc(CN3CCC(c4cccc5c4OC(c4ccc(Cl)cc4F)C=C5Cl)CC3)n(C3[SiH2]CC3C3CCO3)c2c1. The first-order valence-corrected chi connectivity index (χ1v) is 18.6. The molecular formula is C35H34Cl2FN3O4Si. The van der Waals surface area contributed by atoms with Gasteiger partial charge in [-0.3, -0.25) is 4.90 Å². The number of imidazole rings is 1. The Morgan fingerprint density at radius 3 is 2.59 bits per heavy atom. The number of likely N-dealkylation sites (tertiary alicyclic amines) is 1. The van der Waals surface area contributed by atoms with Crippen molar-refractivity contribution in [2.45, 2.75) is 55.6 Å². The molecule has 3 saturated heterocycles. The second-order valence-corrected chi connectivity index (χ2v) is 15.7. The van der Waals surface area contributed by atoms with E-state index in [1.165, 1.54) is 12.1 Å². The standard InChI is InChI=1S/C35H34Cl2FN3O4Si/c36-21-5-6-24(27(38)15-21)31-16-26(37)23-3-1-2-22(33(23)45-31)19-8-11-40(12-9-19)17-32-39-28-7-4-20(35(42)43)14-29(28)41(32)34-25(18-46-34)30-10-13-44-30/h1-7,14-16,19,25,30-31,34H,8-13,17-18,46H2,(H,42,43). The Morgan fingerprint density at radius 2 is 1.89 bits per heavy atom. The van der Waals surface area contributed by atoms with Crippen LogP contribution in [0.5, 0.6) is 5.75 Å². The highest BCUT2D eigenvalue weighted by molar-refractivity contribution is 6.49. The molecule has 0 radical (unpaired) electrons. The number of carbonyl (C=O) groups is 1. The Bertz CT molecular complexity index is 1870. The largest absolute Gasteiger partial charge is 0.480 e. The molecule has 1 aromatic heterocycles. The molecule has 11 heteroatoms. The number of hydrogen-bond acceptors (Lipinski definition) is 5. The minimum absolute atomic E-state index is 0.264. The highest BCUT2D eigenvalue weighted by atomic mass is 35.5. The fourth-order valence-corrected chi connectivity index (χ4v) is 10.5. The minimum Gasteiger partial charge on any atom is -0.480 e. The van der Waals surface area contributed by atoms with Crippen molar-refractivity contribution in [1.82, 2.24) is 14.5 Å². The van der Waals surface area contributed by atoms with E-state index in [-0.39, 0.29) is 15.4 Å². The molecule has 4 unspecified atom stereocenters. The van der Waals surface area contributed by atoms with Crippen molar-refractivity contribution in [3.8, 4) is 5.75 Å². The number of rotatable bonds is 7. The monoisotopic (exact) mass is 677 g/mol. The fraction of sp³-hybridized carbons (Fsp3) is 0.371. The number of aromatic carboxylic acids is 1. The zero-order valence-electron chi connectivity index (χ0n) is 25.2. The van der Waals surface area contributed by atoms with Crippen LogP contribution in [0, 0.1) is 11.7 Å². The highest BCUT2D eigenvalue weighted by Crippen LogP contribution is 2.46. The third kappa shape index (κ3) is 5.36. The van der Waals surface area contributed by atoms with Crippen LogP contribution >= 0.6 is 23.2 Å². The summed E-state index contributed by atoms with van der Waals surface area (Å²) in [6.07, 6.45) is 4.39. The van der Waals surface area contributed by atoms with Gasteiger partial charge >= 0.3 is 5.97 Å². The van der Waals surface area contributed by atoms with Crippen molar-refractivity contribution in [2.75, 3.05) is 19.7 Å². The summed E-state index contributed by atoms with van der Waals surface area (Å²) < 4.78 is 29.6. The number of halogens is 3. The van der Waals surface area contributed by atoms with Crippen LogP contribution in [0.1, 0.15) is 69.8 Å². The van der Waals surface area contributed by atoms with Gasteiger partial charge in [-0.25, -0.2) is 14.2 Å². The zero-order valence-corrected chi connectivity index (χ0v) is 28.1. The Kier molecular flexibility index (Phi) is 7.93. The number of aromatic nitrogens is 2. The van der Waals surface area contributed by atoms with Crippen molar-refractivity contribution in [2.24, 2.45) is 5.92 Å². The molecule has 4 aliphatic rings. The Hall–Kier alpha value is -3.21. The van der Waals surface area contributed by atoms with E-state index in [2.05, 4.69) is 15.5 Å². The average molecular weight is 679 g/mol. The van der Waals surface area contributed by atoms with Crippen molar-refractivity contribution in [1.29, 1.82) is 0 Å². The van der Waals surface area contributed by atoms with E-state index in [0.29, 0.717) is 45.4 Å². The molecule has 0 aliphatic carbocycles. The van der Waals surface area contributed by atoms with Crippen LogP contribution in [-0.4, -0.2) is 60.8 Å². The van der Waals surface area contributed by atoms with E-state index >= 15 is 0 Å². The maximum Gasteiger partial charge on any atom is 0.335 e. The molecule has 3 fully saturated rings. The van der Waals surface area contributed by atoms with Crippen LogP contribution in [0.2, 0.25) is 11.1 Å². The van der Waals surface area contributed by atoms with Crippen LogP contribution in [0.3, 0.4) is 0 Å². The second kappa shape index (κ2) is 12.1. The van der Waals surface area contributed by atoms with E-state index in [9.17, 15) is 14.3 Å². The molecule has 4 aliphatic heterocycles. The van der Waals surface area contributed by atoms with Crippen LogP contribution in [0.4, 0.5) is 4.39 Å². The third-order valence-corrected chi connectivity index (χ3v) is 13.5. The van der Waals surface area contributed by atoms with Gasteiger partial charge in [0.2, 0.25) is 0 Å². The molecule has 0 amide bonds. The summed E-state index contributed by atoms with van der Waals surface area (Å²) in [6, 6.07) is 17.2. The first kappa shape index (κ1) is 30.1. The average Bonchev–Trinajstić information content (AvgIpc) is 3.34. The Morgan fingerprint density at radius 1 is 1.07 bits per heavy atom. The molecule has 5 heterocycles. The molecule has 8 rings (SSSR count). The molecule has 0 saturated carbocycles. The van der Waals surface area contributed by atoms with E-state index in [4.69, 9.17) is 37.7 Å². The van der Waals surface area contributed by atoms with Crippen molar-refractivity contribution in [3.63, 3.8) is 0 Å². The summed E-state index contributed by atoms with van der Waals surface area (Å²) in [7, 11) is -0.362. The van der Waals surface area contributed by atoms with Crippen LogP contribution in [-0.2, 0) is 11.3 Å². The maximum atomic E-state index is 14.8. The summed E-state index contributed by atoms with van der Waals surface area (Å²) in [5, 5.41) is 10.6. The molecule has 1 N–H and O–H groups in total. The van der Waals surface area contributed by atoms with Crippen molar-refractivity contribution >= 4 is 54.8 Å². The van der Waals surface area contributed by atoms with E-state index in [1.54, 1.807) is 30.3 Å². The number of ether oxygens (including phenoxy) is 2. The molecule has 0 bridgehead atoms. The molecule has 0 spiro atoms. The van der Waals surface area contributed by atoms with Crippen LogP contribution in [0.25, 0.3) is 16.1 Å². The van der Waals surface area contributed by atoms with Gasteiger partial charge in [-0.05, 0) is 92.2 Å². The van der Waals surface area contributed by atoms with Gasteiger partial charge in [0.15, 0.2) is 0 Å². The van der Waals surface area contributed by atoms with E-state index in [0.717, 1.165) is 72.7 Å². The molecule has 238 valence electrons. The number of piperidine rings is 1. The predicted molar refractivity (Wildman–Crippen MR) is 179 cm³/mol. The zero-order chi connectivity index (χ0) is 31.5. The Labute approximate surface area is 278 Å². The molecule has 46 heavy (non-hydrogen) atoms. The molecule has 4 aromatic rings. The van der Waals surface area contributed by atoms with Crippen LogP contribution < -0.4 is 4.74 Å². The fourth-order valence-electron chi connectivity index (χ4n) is 7.68. The number of hydrogen-bond donors (Lipinski definition) is 1. The minimum atomic E-state index is -0.920. The first-order chi connectivity index (χ1) is 22.3. The molecule has 3 aromatic carbocycles. The molecule has 4 atom stereocenters. The molecule has 7 nitrogen and oxygen atoms in total. The number of carboxylic acids is 1. The van der Waals surface area contributed by atoms with E-state index in [1.807, 2.05) is 18.2 Å². The summed E-state index contributed by atoms with van der Waals surface area (Å²) >= 11 is 12.7. The normalized spacial score (nSPS) is 25.4. The number of para-hydroxylation sites is 1. The van der Waals surface area contributed by atoms with Gasteiger partial charge in [-0.2, -0.15) is 0 Å². The van der Waals surface area contributed by atoms with Gasteiger partial charge in [0.05, 0.1) is 34.3 Å². The number of carboxylic acid groups (broad SMARTS) is 1. The van der Waals surface area contributed by atoms with Crippen LogP contribution in [0.15, 0.2) is 60.7 Å². The van der Waals surface area contributed by atoms with Gasteiger partial charge < -0.3 is 19.1 Å². The summed E-state index contributed by atoms with van der Waals surface area (Å²) in [5.74, 6) is 1.16. The maximum absolute atomic E-state index is 14.8. The molecular weight excluding hydrogens is 644 g/mol. The topological polar surface area (TPSA) is 76.8 Å². The van der Waals surface area contributed by atoms with E-state index < -0.39 is 17.9 Å².